The molecule has 1 aromatic heterocycles. The van der Waals surface area contributed by atoms with Gasteiger partial charge in [0.25, 0.3) is 5.56 Å². The van der Waals surface area contributed by atoms with E-state index in [9.17, 15) is 18.0 Å². The van der Waals surface area contributed by atoms with Crippen molar-refractivity contribution in [3.63, 3.8) is 0 Å². The fourth-order valence-electron chi connectivity index (χ4n) is 5.09. The first-order valence-electron chi connectivity index (χ1n) is 12.1. The van der Waals surface area contributed by atoms with Gasteiger partial charge < -0.3 is 5.32 Å². The van der Waals surface area contributed by atoms with Crippen molar-refractivity contribution in [1.29, 1.82) is 0 Å². The molecule has 0 saturated heterocycles. The van der Waals surface area contributed by atoms with E-state index in [0.29, 0.717) is 23.8 Å². The van der Waals surface area contributed by atoms with E-state index in [2.05, 4.69) is 35.6 Å². The molecule has 9 heteroatoms. The SMILES string of the molecule is NS(=O)(=O)c1ccc(NC(=O)[C@@H]2CSc3c(C4CC4)c(Cc4cccc5ccccc45)cc(=O)n32)cc1. The highest BCUT2D eigenvalue weighted by Crippen LogP contribution is 2.48. The average molecular weight is 532 g/mol. The molecular formula is C28H25N3O4S2. The van der Waals surface area contributed by atoms with Crippen LogP contribution in [0.3, 0.4) is 0 Å². The Hall–Kier alpha value is -3.40. The number of nitrogens with two attached hydrogens (primary N) is 1. The molecule has 7 nitrogen and oxygen atoms in total. The third kappa shape index (κ3) is 4.58. The summed E-state index contributed by atoms with van der Waals surface area (Å²) in [4.78, 5) is 26.6. The van der Waals surface area contributed by atoms with E-state index in [1.807, 2.05) is 12.1 Å². The molecule has 0 radical (unpaired) electrons. The second-order valence-electron chi connectivity index (χ2n) is 9.57. The minimum atomic E-state index is -3.82. The highest BCUT2D eigenvalue weighted by atomic mass is 32.2. The van der Waals surface area contributed by atoms with Crippen molar-refractivity contribution in [1.82, 2.24) is 4.57 Å². The molecule has 3 N–H and O–H groups in total. The molecule has 1 atom stereocenters. The Morgan fingerprint density at radius 1 is 1.00 bits per heavy atom. The van der Waals surface area contributed by atoms with Crippen LogP contribution in [0.4, 0.5) is 5.69 Å². The topological polar surface area (TPSA) is 111 Å². The summed E-state index contributed by atoms with van der Waals surface area (Å²) < 4.78 is 24.6. The zero-order chi connectivity index (χ0) is 25.7. The highest BCUT2D eigenvalue weighted by Gasteiger charge is 2.37. The fourth-order valence-corrected chi connectivity index (χ4v) is 7.03. The van der Waals surface area contributed by atoms with Gasteiger partial charge in [0.05, 0.1) is 9.92 Å². The summed E-state index contributed by atoms with van der Waals surface area (Å²) >= 11 is 1.56. The monoisotopic (exact) mass is 531 g/mol. The number of pyridine rings is 1. The normalized spacial score (nSPS) is 17.1. The molecular weight excluding hydrogens is 506 g/mol. The predicted octanol–water partition coefficient (Wildman–Crippen LogP) is 4.40. The Kier molecular flexibility index (Phi) is 5.94. The van der Waals surface area contributed by atoms with Gasteiger partial charge in [-0.05, 0) is 76.9 Å². The molecule has 3 aromatic carbocycles. The van der Waals surface area contributed by atoms with Crippen LogP contribution < -0.4 is 16.0 Å². The van der Waals surface area contributed by atoms with Gasteiger partial charge in [-0.3, -0.25) is 14.2 Å². The Morgan fingerprint density at radius 2 is 1.73 bits per heavy atom. The fraction of sp³-hybridized carbons (Fsp3) is 0.214. The molecule has 2 aliphatic rings. The van der Waals surface area contributed by atoms with Crippen molar-refractivity contribution in [3.8, 4) is 0 Å². The van der Waals surface area contributed by atoms with Gasteiger partial charge in [-0.25, -0.2) is 13.6 Å². The van der Waals surface area contributed by atoms with E-state index in [4.69, 9.17) is 5.14 Å². The average Bonchev–Trinajstić information content (AvgIpc) is 3.60. The van der Waals surface area contributed by atoms with E-state index in [1.165, 1.54) is 46.2 Å². The quantitative estimate of drug-likeness (QED) is 0.383. The lowest BCUT2D eigenvalue weighted by Gasteiger charge is -2.18. The first-order chi connectivity index (χ1) is 17.8. The molecule has 4 aromatic rings. The summed E-state index contributed by atoms with van der Waals surface area (Å²) in [6.07, 6.45) is 2.84. The Morgan fingerprint density at radius 3 is 2.46 bits per heavy atom. The number of primary sulfonamides is 1. The van der Waals surface area contributed by atoms with Gasteiger partial charge in [0.2, 0.25) is 15.9 Å². The number of aromatic nitrogens is 1. The third-order valence-electron chi connectivity index (χ3n) is 7.02. The van der Waals surface area contributed by atoms with Crippen molar-refractivity contribution >= 4 is 44.2 Å². The molecule has 0 bridgehead atoms. The second kappa shape index (κ2) is 9.16. The molecule has 37 heavy (non-hydrogen) atoms. The minimum Gasteiger partial charge on any atom is -0.324 e. The smallest absolute Gasteiger partial charge is 0.252 e. The lowest BCUT2D eigenvalue weighted by atomic mass is 9.95. The lowest BCUT2D eigenvalue weighted by molar-refractivity contribution is -0.118. The molecule has 188 valence electrons. The Balaban J connectivity index is 1.33. The number of carbonyl (C=O) groups excluding carboxylic acids is 1. The number of nitrogens with zero attached hydrogens (tertiary/aromatic N) is 1. The van der Waals surface area contributed by atoms with Crippen LogP contribution >= 0.6 is 11.8 Å². The van der Waals surface area contributed by atoms with Crippen LogP contribution in [-0.2, 0) is 21.2 Å². The number of hydrogen-bond donors (Lipinski definition) is 2. The zero-order valence-electron chi connectivity index (χ0n) is 19.9. The first-order valence-corrected chi connectivity index (χ1v) is 14.6. The molecule has 1 aliphatic carbocycles. The van der Waals surface area contributed by atoms with E-state index in [1.54, 1.807) is 22.4 Å². The minimum absolute atomic E-state index is 0.0312. The standard InChI is InChI=1S/C28H25N3O4S2/c29-37(34,35)22-12-10-21(11-13-22)30-27(33)24-16-36-28-26(18-8-9-18)20(15-25(32)31(24)28)14-19-6-3-5-17-4-1-2-7-23(17)19/h1-7,10-13,15,18,24H,8-9,14,16H2,(H,30,33)(H2,29,34,35)/t24-/m0/s1. The largest absolute Gasteiger partial charge is 0.324 e. The van der Waals surface area contributed by atoms with Gasteiger partial charge in [-0.1, -0.05) is 42.5 Å². The summed E-state index contributed by atoms with van der Waals surface area (Å²) in [5.74, 6) is 0.570. The lowest BCUT2D eigenvalue weighted by Crippen LogP contribution is -2.33. The number of rotatable bonds is 6. The van der Waals surface area contributed by atoms with Gasteiger partial charge in [-0.15, -0.1) is 11.8 Å². The van der Waals surface area contributed by atoms with Crippen LogP contribution in [-0.4, -0.2) is 24.6 Å². The van der Waals surface area contributed by atoms with E-state index in [0.717, 1.165) is 23.4 Å². The van der Waals surface area contributed by atoms with Crippen molar-refractivity contribution < 1.29 is 13.2 Å². The van der Waals surface area contributed by atoms with Crippen LogP contribution in [0.1, 0.15) is 41.5 Å². The molecule has 6 rings (SSSR count). The van der Waals surface area contributed by atoms with Crippen LogP contribution in [0.2, 0.25) is 0 Å². The number of carbonyl (C=O) groups is 1. The molecule has 2 heterocycles. The maximum absolute atomic E-state index is 13.4. The van der Waals surface area contributed by atoms with Crippen LogP contribution in [0.25, 0.3) is 10.8 Å². The highest BCUT2D eigenvalue weighted by molar-refractivity contribution is 7.99. The maximum atomic E-state index is 13.4. The molecule has 1 aliphatic heterocycles. The Bertz CT molecular complexity index is 1700. The summed E-state index contributed by atoms with van der Waals surface area (Å²) in [6, 6.07) is 21.3. The molecule has 0 spiro atoms. The number of anilines is 1. The second-order valence-corrected chi connectivity index (χ2v) is 12.1. The summed E-state index contributed by atoms with van der Waals surface area (Å²) in [7, 11) is -3.82. The van der Waals surface area contributed by atoms with Crippen molar-refractivity contribution in [2.24, 2.45) is 5.14 Å². The van der Waals surface area contributed by atoms with Gasteiger partial charge in [0.1, 0.15) is 6.04 Å². The summed E-state index contributed by atoms with van der Waals surface area (Å²) in [6.45, 7) is 0. The number of nitrogens with one attached hydrogen (secondary N) is 1. The predicted molar refractivity (Wildman–Crippen MR) is 146 cm³/mol. The first kappa shape index (κ1) is 24.0. The number of sulfonamides is 1. The van der Waals surface area contributed by atoms with Crippen LogP contribution in [0.15, 0.2) is 87.5 Å². The van der Waals surface area contributed by atoms with Gasteiger partial charge in [0.15, 0.2) is 0 Å². The molecule has 1 amide bonds. The third-order valence-corrected chi connectivity index (χ3v) is 9.12. The van der Waals surface area contributed by atoms with Crippen molar-refractivity contribution in [3.05, 3.63) is 99.8 Å². The zero-order valence-corrected chi connectivity index (χ0v) is 21.5. The number of thioether (sulfide) groups is 1. The van der Waals surface area contributed by atoms with Gasteiger partial charge >= 0.3 is 0 Å². The number of hydrogen-bond acceptors (Lipinski definition) is 5. The van der Waals surface area contributed by atoms with E-state index >= 15 is 0 Å². The van der Waals surface area contributed by atoms with E-state index in [-0.39, 0.29) is 16.4 Å². The molecule has 0 unspecified atom stereocenters. The molecule has 1 fully saturated rings. The van der Waals surface area contributed by atoms with E-state index < -0.39 is 16.1 Å². The van der Waals surface area contributed by atoms with Crippen LogP contribution in [0.5, 0.6) is 0 Å². The summed E-state index contributed by atoms with van der Waals surface area (Å²) in [5, 5.41) is 11.2. The maximum Gasteiger partial charge on any atom is 0.252 e. The summed E-state index contributed by atoms with van der Waals surface area (Å²) in [5.41, 5.74) is 3.69. The van der Waals surface area contributed by atoms with Gasteiger partial charge in [0, 0.05) is 17.5 Å². The number of amides is 1. The number of benzene rings is 3. The molecule has 1 saturated carbocycles. The van der Waals surface area contributed by atoms with Gasteiger partial charge in [-0.2, -0.15) is 0 Å². The van der Waals surface area contributed by atoms with Crippen LogP contribution in [0, 0.1) is 0 Å². The van der Waals surface area contributed by atoms with Crippen molar-refractivity contribution in [2.45, 2.75) is 41.1 Å². The Labute approximate surface area is 218 Å². The van der Waals surface area contributed by atoms with Crippen molar-refractivity contribution in [2.75, 3.05) is 11.1 Å². The number of fused-ring (bicyclic) bond motifs is 2.